The van der Waals surface area contributed by atoms with Crippen LogP contribution in [0.1, 0.15) is 5.56 Å². The molecule has 0 aliphatic carbocycles. The van der Waals surface area contributed by atoms with Gasteiger partial charge < -0.3 is 11.5 Å². The van der Waals surface area contributed by atoms with E-state index in [1.807, 2.05) is 24.3 Å². The highest BCUT2D eigenvalue weighted by Gasteiger charge is 2.02. The molecule has 4 nitrogen and oxygen atoms in total. The summed E-state index contributed by atoms with van der Waals surface area (Å²) in [5.41, 5.74) is 14.2. The highest BCUT2D eigenvalue weighted by atomic mass is 14.9. The molecular weight excluding hydrogens is 188 g/mol. The van der Waals surface area contributed by atoms with Crippen LogP contribution in [0.5, 0.6) is 0 Å². The number of benzene rings is 1. The quantitative estimate of drug-likeness (QED) is 0.763. The van der Waals surface area contributed by atoms with Crippen LogP contribution in [0.15, 0.2) is 36.8 Å². The zero-order valence-corrected chi connectivity index (χ0v) is 8.22. The minimum atomic E-state index is 0.491. The van der Waals surface area contributed by atoms with Crippen molar-refractivity contribution in [3.63, 3.8) is 0 Å². The Morgan fingerprint density at radius 2 is 1.87 bits per heavy atom. The van der Waals surface area contributed by atoms with Gasteiger partial charge in [-0.2, -0.15) is 0 Å². The predicted octanol–water partition coefficient (Wildman–Crippen LogP) is 1.18. The van der Waals surface area contributed by atoms with Gasteiger partial charge in [0.15, 0.2) is 0 Å². The summed E-state index contributed by atoms with van der Waals surface area (Å²) in [7, 11) is 0. The number of nitrogen functional groups attached to an aromatic ring is 1. The molecule has 0 fully saturated rings. The Morgan fingerprint density at radius 1 is 1.13 bits per heavy atom. The SMILES string of the molecule is NCc1ccc(-c2cncnc2N)cc1. The topological polar surface area (TPSA) is 77.8 Å². The first-order chi connectivity index (χ1) is 7.31. The van der Waals surface area contributed by atoms with Gasteiger partial charge in [-0.25, -0.2) is 9.97 Å². The van der Waals surface area contributed by atoms with Gasteiger partial charge in [0, 0.05) is 18.3 Å². The first kappa shape index (κ1) is 9.61. The first-order valence-electron chi connectivity index (χ1n) is 4.66. The molecule has 2 rings (SSSR count). The first-order valence-corrected chi connectivity index (χ1v) is 4.66. The summed E-state index contributed by atoms with van der Waals surface area (Å²) < 4.78 is 0. The Kier molecular flexibility index (Phi) is 2.60. The van der Waals surface area contributed by atoms with Crippen molar-refractivity contribution in [2.75, 3.05) is 5.73 Å². The van der Waals surface area contributed by atoms with Crippen molar-refractivity contribution in [1.29, 1.82) is 0 Å². The number of hydrogen-bond acceptors (Lipinski definition) is 4. The van der Waals surface area contributed by atoms with E-state index in [0.717, 1.165) is 16.7 Å². The van der Waals surface area contributed by atoms with E-state index in [9.17, 15) is 0 Å². The number of aromatic nitrogens is 2. The van der Waals surface area contributed by atoms with Crippen LogP contribution in [0.2, 0.25) is 0 Å². The largest absolute Gasteiger partial charge is 0.383 e. The van der Waals surface area contributed by atoms with E-state index in [2.05, 4.69) is 9.97 Å². The summed E-state index contributed by atoms with van der Waals surface area (Å²) in [6.45, 7) is 0.543. The molecular formula is C11H12N4. The maximum Gasteiger partial charge on any atom is 0.134 e. The molecule has 4 heteroatoms. The molecule has 1 aromatic heterocycles. The maximum atomic E-state index is 5.75. The normalized spacial score (nSPS) is 10.2. The van der Waals surface area contributed by atoms with Gasteiger partial charge in [-0.05, 0) is 11.1 Å². The lowest BCUT2D eigenvalue weighted by molar-refractivity contribution is 1.07. The second kappa shape index (κ2) is 4.06. The van der Waals surface area contributed by atoms with Crippen molar-refractivity contribution in [1.82, 2.24) is 9.97 Å². The van der Waals surface area contributed by atoms with E-state index in [4.69, 9.17) is 11.5 Å². The minimum Gasteiger partial charge on any atom is -0.383 e. The van der Waals surface area contributed by atoms with Gasteiger partial charge in [0.05, 0.1) is 0 Å². The predicted molar refractivity (Wildman–Crippen MR) is 59.8 cm³/mol. The molecule has 0 saturated carbocycles. The van der Waals surface area contributed by atoms with Gasteiger partial charge in [-0.1, -0.05) is 24.3 Å². The van der Waals surface area contributed by atoms with Gasteiger partial charge in [-0.3, -0.25) is 0 Å². The molecule has 76 valence electrons. The van der Waals surface area contributed by atoms with Crippen LogP contribution in [0.4, 0.5) is 5.82 Å². The number of anilines is 1. The van der Waals surface area contributed by atoms with Gasteiger partial charge in [-0.15, -0.1) is 0 Å². The Morgan fingerprint density at radius 3 is 2.47 bits per heavy atom. The summed E-state index contributed by atoms with van der Waals surface area (Å²) in [6.07, 6.45) is 3.15. The van der Waals surface area contributed by atoms with Crippen LogP contribution < -0.4 is 11.5 Å². The standard InChI is InChI=1S/C11H12N4/c12-5-8-1-3-9(4-2-8)10-6-14-7-15-11(10)13/h1-4,6-7H,5,12H2,(H2,13,14,15). The summed E-state index contributed by atoms with van der Waals surface area (Å²) in [5, 5.41) is 0. The monoisotopic (exact) mass is 200 g/mol. The van der Waals surface area contributed by atoms with Crippen molar-refractivity contribution in [2.45, 2.75) is 6.54 Å². The molecule has 0 aliphatic rings. The molecule has 1 aromatic carbocycles. The molecule has 2 aromatic rings. The van der Waals surface area contributed by atoms with Crippen LogP contribution in [-0.4, -0.2) is 9.97 Å². The molecule has 4 N–H and O–H groups in total. The van der Waals surface area contributed by atoms with Gasteiger partial charge in [0.2, 0.25) is 0 Å². The van der Waals surface area contributed by atoms with Gasteiger partial charge in [0.1, 0.15) is 12.1 Å². The summed E-state index contributed by atoms with van der Waals surface area (Å²) >= 11 is 0. The van der Waals surface area contributed by atoms with Crippen LogP contribution in [-0.2, 0) is 6.54 Å². The lowest BCUT2D eigenvalue weighted by atomic mass is 10.1. The third kappa shape index (κ3) is 1.94. The van der Waals surface area contributed by atoms with Crippen molar-refractivity contribution in [2.24, 2.45) is 5.73 Å². The number of nitrogens with two attached hydrogens (primary N) is 2. The number of nitrogens with zero attached hydrogens (tertiary/aromatic N) is 2. The Bertz CT molecular complexity index is 450. The lowest BCUT2D eigenvalue weighted by Crippen LogP contribution is -1.97. The minimum absolute atomic E-state index is 0.491. The van der Waals surface area contributed by atoms with Crippen molar-refractivity contribution < 1.29 is 0 Å². The van der Waals surface area contributed by atoms with Crippen LogP contribution in [0.3, 0.4) is 0 Å². The second-order valence-corrected chi connectivity index (χ2v) is 3.22. The van der Waals surface area contributed by atoms with E-state index in [0.29, 0.717) is 12.4 Å². The maximum absolute atomic E-state index is 5.75. The van der Waals surface area contributed by atoms with E-state index in [-0.39, 0.29) is 0 Å². The Balaban J connectivity index is 2.42. The zero-order valence-electron chi connectivity index (χ0n) is 8.22. The molecule has 1 heterocycles. The Hall–Kier alpha value is -1.94. The van der Waals surface area contributed by atoms with Crippen molar-refractivity contribution in [3.8, 4) is 11.1 Å². The third-order valence-corrected chi connectivity index (χ3v) is 2.24. The molecule has 0 bridgehead atoms. The molecule has 0 spiro atoms. The fourth-order valence-corrected chi connectivity index (χ4v) is 1.38. The highest BCUT2D eigenvalue weighted by Crippen LogP contribution is 2.22. The Labute approximate surface area is 88.0 Å². The van der Waals surface area contributed by atoms with Gasteiger partial charge >= 0.3 is 0 Å². The number of rotatable bonds is 2. The average Bonchev–Trinajstić information content (AvgIpc) is 2.30. The zero-order chi connectivity index (χ0) is 10.7. The van der Waals surface area contributed by atoms with Crippen molar-refractivity contribution >= 4 is 5.82 Å². The van der Waals surface area contributed by atoms with Crippen molar-refractivity contribution in [3.05, 3.63) is 42.4 Å². The van der Waals surface area contributed by atoms with E-state index < -0.39 is 0 Å². The second-order valence-electron chi connectivity index (χ2n) is 3.22. The summed E-state index contributed by atoms with van der Waals surface area (Å²) in [5.74, 6) is 0.491. The van der Waals surface area contributed by atoms with Crippen LogP contribution in [0, 0.1) is 0 Å². The molecule has 0 amide bonds. The van der Waals surface area contributed by atoms with E-state index in [1.54, 1.807) is 6.20 Å². The highest BCUT2D eigenvalue weighted by molar-refractivity contribution is 5.72. The fraction of sp³-hybridized carbons (Fsp3) is 0.0909. The van der Waals surface area contributed by atoms with Crippen LogP contribution in [0.25, 0.3) is 11.1 Å². The summed E-state index contributed by atoms with van der Waals surface area (Å²) in [6, 6.07) is 7.89. The lowest BCUT2D eigenvalue weighted by Gasteiger charge is -2.04. The molecule has 15 heavy (non-hydrogen) atoms. The summed E-state index contributed by atoms with van der Waals surface area (Å²) in [4.78, 5) is 7.89. The molecule has 0 atom stereocenters. The fourth-order valence-electron chi connectivity index (χ4n) is 1.38. The van der Waals surface area contributed by atoms with Gasteiger partial charge in [0.25, 0.3) is 0 Å². The third-order valence-electron chi connectivity index (χ3n) is 2.24. The van der Waals surface area contributed by atoms with Crippen LogP contribution >= 0.6 is 0 Å². The van der Waals surface area contributed by atoms with E-state index in [1.165, 1.54) is 6.33 Å². The average molecular weight is 200 g/mol. The molecule has 0 unspecified atom stereocenters. The number of hydrogen-bond donors (Lipinski definition) is 2. The smallest absolute Gasteiger partial charge is 0.134 e. The molecule has 0 aliphatic heterocycles. The molecule has 0 saturated heterocycles. The molecule has 0 radical (unpaired) electrons. The van der Waals surface area contributed by atoms with E-state index >= 15 is 0 Å².